The van der Waals surface area contributed by atoms with Crippen LogP contribution >= 0.6 is 23.2 Å². The van der Waals surface area contributed by atoms with E-state index in [9.17, 15) is 92.8 Å². The molecular formula is C56H40Cl2N14O22S6. The number of carbonyl (C=O) groups is 1. The monoisotopic (exact) mass is 1520 g/mol. The number of esters is 1. The van der Waals surface area contributed by atoms with Gasteiger partial charge in [0.2, 0.25) is 34.4 Å². The number of rotatable bonds is 19. The van der Waals surface area contributed by atoms with Gasteiger partial charge in [-0.3, -0.25) is 27.3 Å². The third kappa shape index (κ3) is 14.7. The summed E-state index contributed by atoms with van der Waals surface area (Å²) >= 11 is 12.8. The van der Waals surface area contributed by atoms with Crippen LogP contribution in [0.25, 0.3) is 43.1 Å². The molecular weight excluding hydrogens is 1480 g/mol. The number of phenols is 2. The highest BCUT2D eigenvalue weighted by atomic mass is 35.5. The summed E-state index contributed by atoms with van der Waals surface area (Å²) in [6.45, 7) is 2.93. The second-order valence-electron chi connectivity index (χ2n) is 21.0. The van der Waals surface area contributed by atoms with Gasteiger partial charge in [0.05, 0.1) is 28.9 Å². The van der Waals surface area contributed by atoms with Crippen molar-refractivity contribution in [3.8, 4) is 11.5 Å². The van der Waals surface area contributed by atoms with E-state index in [-0.39, 0.29) is 89.7 Å². The number of ether oxygens (including phenoxy) is 1. The van der Waals surface area contributed by atoms with Gasteiger partial charge in [-0.15, -0.1) is 20.5 Å². The third-order valence-corrected chi connectivity index (χ3v) is 20.0. The van der Waals surface area contributed by atoms with Gasteiger partial charge < -0.3 is 36.2 Å². The summed E-state index contributed by atoms with van der Waals surface area (Å²) < 4.78 is 217. The molecule has 11 rings (SSSR count). The first-order valence-electron chi connectivity index (χ1n) is 27.2. The largest absolute Gasteiger partial charge is 0.505 e. The molecule has 0 bridgehead atoms. The lowest BCUT2D eigenvalue weighted by Crippen LogP contribution is -2.08. The predicted octanol–water partition coefficient (Wildman–Crippen LogP) is 11.1. The van der Waals surface area contributed by atoms with Gasteiger partial charge in [-0.2, -0.15) is 80.4 Å². The number of nitrogens with zero attached hydrogens (tertiary/aromatic N) is 10. The summed E-state index contributed by atoms with van der Waals surface area (Å²) in [6.07, 6.45) is 0. The zero-order valence-electron chi connectivity index (χ0n) is 49.9. The minimum atomic E-state index is -5.34. The van der Waals surface area contributed by atoms with Crippen molar-refractivity contribution in [1.29, 1.82) is 0 Å². The summed E-state index contributed by atoms with van der Waals surface area (Å²) in [5, 5.41) is 47.4. The molecule has 36 nitrogen and oxygen atoms in total. The fourth-order valence-corrected chi connectivity index (χ4v) is 15.0. The fourth-order valence-electron chi connectivity index (χ4n) is 10.4. The summed E-state index contributed by atoms with van der Waals surface area (Å²) in [5.74, 6) is -4.28. The molecule has 100 heavy (non-hydrogen) atoms. The lowest BCUT2D eigenvalue weighted by molar-refractivity contribution is 0.0600. The van der Waals surface area contributed by atoms with Crippen LogP contribution < -0.4 is 21.3 Å². The number of nitrogens with one attached hydrogen (secondary N) is 4. The van der Waals surface area contributed by atoms with E-state index in [2.05, 4.69) is 71.6 Å². The average molecular weight is 1520 g/mol. The van der Waals surface area contributed by atoms with Gasteiger partial charge in [-0.05, 0) is 132 Å². The third-order valence-electron chi connectivity index (χ3n) is 14.3. The maximum absolute atomic E-state index is 13.2. The standard InChI is InChI=1S/C56H40Cl2N14O22S6/c1-23-14-25-20-41(98(85,86)87)45(72-70-36-13-11-32-34(49(36)100(91,92)93)7-5-9-40(32)97(82,83)84)47(74)42(25)37(15-23)61-55-65-51(57)63-53(67-55)59-28-17-27(50(75)94-3)18-29(21-28)60-54-64-52(58)66-56(68-54)62-38-22-30(95(76,77)78)19-26-16-24(2)44(46(73)43(26)38)71-69-35-12-10-31-33(48(35)99(88,89)90)6-4-8-39(31)96(79,80)81/h4-22,73-74H,1-3H3,(H,76,77,78)(H,79,80,81)(H,82,83,84)(H,85,86,87)(H,88,89,90)(H,91,92,93)(H2,59,61,63,65,67)(H2,60,62,64,66,68). The van der Waals surface area contributed by atoms with Crippen LogP contribution in [0, 0.1) is 13.8 Å². The smallest absolute Gasteiger partial charge is 0.337 e. The maximum atomic E-state index is 13.2. The van der Waals surface area contributed by atoms with Gasteiger partial charge >= 0.3 is 5.97 Å². The molecule has 12 N–H and O–H groups in total. The average Bonchev–Trinajstić information content (AvgIpc) is 0.766. The number of anilines is 8. The zero-order chi connectivity index (χ0) is 72.7. The fraction of sp³-hybridized carbons (Fsp3) is 0.0536. The SMILES string of the molecule is COC(=O)c1cc(Nc2nc(Cl)nc(Nc3cc(S(=O)(=O)O)cc4cc(C)c(N=Nc5ccc6c(S(=O)(=O)O)cccc6c5S(=O)(=O)O)c(O)c34)n2)cc(Nc2nc(Cl)nc(Nc3cc(C)cc4cc(S(=O)(=O)O)c(N=Nc5ccc6c(S(=O)(=O)O)cccc6c5S(=O)(=O)O)c(O)c34)n2)c1. The van der Waals surface area contributed by atoms with E-state index in [0.29, 0.717) is 5.56 Å². The molecule has 0 atom stereocenters. The summed E-state index contributed by atoms with van der Waals surface area (Å²) in [7, 11) is -29.7. The zero-order valence-corrected chi connectivity index (χ0v) is 56.4. The van der Waals surface area contributed by atoms with Crippen LogP contribution in [-0.2, 0) is 65.4 Å². The quantitative estimate of drug-likeness (QED) is 0.0203. The number of aromatic hydroxyl groups is 2. The number of aromatic nitrogens is 6. The lowest BCUT2D eigenvalue weighted by atomic mass is 10.0. The second kappa shape index (κ2) is 26.0. The number of azo groups is 2. The molecule has 0 spiro atoms. The molecule has 0 saturated heterocycles. The Hall–Kier alpha value is -10.5. The number of carbonyl (C=O) groups excluding carboxylic acids is 1. The van der Waals surface area contributed by atoms with Crippen LogP contribution in [0.3, 0.4) is 0 Å². The summed E-state index contributed by atoms with van der Waals surface area (Å²) in [6, 6.07) is 20.8. The number of fused-ring (bicyclic) bond motifs is 4. The number of hydrogen-bond acceptors (Lipinski definition) is 30. The molecule has 0 fully saturated rings. The first kappa shape index (κ1) is 70.9. The number of benzene rings is 9. The van der Waals surface area contributed by atoms with Crippen molar-refractivity contribution in [3.63, 3.8) is 0 Å². The maximum Gasteiger partial charge on any atom is 0.337 e. The molecule has 11 aromatic rings. The summed E-state index contributed by atoms with van der Waals surface area (Å²) in [5.41, 5.74) is -2.87. The molecule has 0 saturated carbocycles. The highest BCUT2D eigenvalue weighted by Crippen LogP contribution is 2.48. The topological polar surface area (TPSA) is 568 Å². The molecule has 2 heterocycles. The van der Waals surface area contributed by atoms with Crippen molar-refractivity contribution in [2.45, 2.75) is 43.2 Å². The molecule has 0 unspecified atom stereocenters. The van der Waals surface area contributed by atoms with Crippen LogP contribution in [0.2, 0.25) is 10.6 Å². The Kier molecular flexibility index (Phi) is 18.4. The van der Waals surface area contributed by atoms with E-state index in [1.807, 2.05) is 0 Å². The second-order valence-corrected chi connectivity index (χ2v) is 30.0. The van der Waals surface area contributed by atoms with Gasteiger partial charge in [0.15, 0.2) is 11.5 Å². The van der Waals surface area contributed by atoms with Crippen LogP contribution in [0.15, 0.2) is 165 Å². The van der Waals surface area contributed by atoms with Gasteiger partial charge in [-0.1, -0.05) is 42.5 Å². The predicted molar refractivity (Wildman–Crippen MR) is 356 cm³/mol. The molecule has 0 aliphatic carbocycles. The number of methoxy groups -OCH3 is 1. The molecule has 2 aromatic heterocycles. The Bertz CT molecular complexity index is 6220. The van der Waals surface area contributed by atoms with Gasteiger partial charge in [0.25, 0.3) is 60.7 Å². The molecule has 0 amide bonds. The van der Waals surface area contributed by atoms with Gasteiger partial charge in [0.1, 0.15) is 47.2 Å². The van der Waals surface area contributed by atoms with E-state index in [4.69, 9.17) is 27.9 Å². The Morgan fingerprint density at radius 2 is 0.870 bits per heavy atom. The van der Waals surface area contributed by atoms with E-state index < -0.39 is 152 Å². The van der Waals surface area contributed by atoms with Crippen LogP contribution in [0.1, 0.15) is 21.5 Å². The molecule has 516 valence electrons. The minimum absolute atomic E-state index is 0.000663. The van der Waals surface area contributed by atoms with Crippen molar-refractivity contribution >= 4 is 202 Å². The molecule has 0 radical (unpaired) electrons. The molecule has 0 aliphatic rings. The van der Waals surface area contributed by atoms with Gasteiger partial charge in [0, 0.05) is 43.7 Å². The number of hydrogen-bond donors (Lipinski definition) is 12. The van der Waals surface area contributed by atoms with Crippen molar-refractivity contribution in [2.75, 3.05) is 28.4 Å². The van der Waals surface area contributed by atoms with Crippen molar-refractivity contribution in [1.82, 2.24) is 29.9 Å². The molecule has 44 heteroatoms. The highest BCUT2D eigenvalue weighted by molar-refractivity contribution is 7.87. The Labute approximate surface area is 572 Å². The Morgan fingerprint density at radius 1 is 0.440 bits per heavy atom. The lowest BCUT2D eigenvalue weighted by Gasteiger charge is -2.16. The summed E-state index contributed by atoms with van der Waals surface area (Å²) in [4.78, 5) is 33.0. The van der Waals surface area contributed by atoms with E-state index in [0.717, 1.165) is 86.0 Å². The van der Waals surface area contributed by atoms with Crippen molar-refractivity contribution in [3.05, 3.63) is 143 Å². The molecule has 9 aromatic carbocycles. The first-order chi connectivity index (χ1) is 46.6. The van der Waals surface area contributed by atoms with Gasteiger partial charge in [-0.25, -0.2) is 4.79 Å². The molecule has 0 aliphatic heterocycles. The number of phenolic OH excluding ortho intramolecular Hbond substituents is 2. The van der Waals surface area contributed by atoms with Crippen LogP contribution in [0.4, 0.5) is 69.3 Å². The highest BCUT2D eigenvalue weighted by Gasteiger charge is 2.29. The normalized spacial score (nSPS) is 12.7. The van der Waals surface area contributed by atoms with Crippen molar-refractivity contribution < 1.29 is 97.6 Å². The van der Waals surface area contributed by atoms with Crippen molar-refractivity contribution in [2.24, 2.45) is 20.5 Å². The van der Waals surface area contributed by atoms with Crippen LogP contribution in [-0.4, -0.2) is 131 Å². The van der Waals surface area contributed by atoms with E-state index >= 15 is 0 Å². The first-order valence-corrected chi connectivity index (χ1v) is 36.6. The van der Waals surface area contributed by atoms with E-state index in [1.165, 1.54) is 43.3 Å². The minimum Gasteiger partial charge on any atom is -0.505 e. The Morgan fingerprint density at radius 3 is 1.31 bits per heavy atom. The number of halogens is 2. The number of aryl methyl sites for hydroxylation is 2. The Balaban J connectivity index is 0.921. The van der Waals surface area contributed by atoms with E-state index in [1.54, 1.807) is 6.92 Å². The van der Waals surface area contributed by atoms with Crippen LogP contribution in [0.5, 0.6) is 11.5 Å².